The highest BCUT2D eigenvalue weighted by Crippen LogP contribution is 2.35. The summed E-state index contributed by atoms with van der Waals surface area (Å²) in [5.41, 5.74) is 5.75. The van der Waals surface area contributed by atoms with Gasteiger partial charge in [-0.3, -0.25) is 0 Å². The molecule has 2 aromatic carbocycles. The second kappa shape index (κ2) is 6.40. The van der Waals surface area contributed by atoms with Crippen LogP contribution >= 0.6 is 0 Å². The Labute approximate surface area is 108 Å². The van der Waals surface area contributed by atoms with E-state index in [0.29, 0.717) is 15.4 Å². The van der Waals surface area contributed by atoms with E-state index in [9.17, 15) is 0 Å². The molecule has 0 spiro atoms. The molecule has 18 heavy (non-hydrogen) atoms. The van der Waals surface area contributed by atoms with Crippen molar-refractivity contribution in [2.45, 2.75) is 6.42 Å². The fourth-order valence-corrected chi connectivity index (χ4v) is 2.11. The van der Waals surface area contributed by atoms with Crippen LogP contribution in [0.5, 0.6) is 0 Å². The van der Waals surface area contributed by atoms with E-state index in [4.69, 9.17) is 10.0 Å². The van der Waals surface area contributed by atoms with Gasteiger partial charge in [-0.15, -0.1) is 0 Å². The van der Waals surface area contributed by atoms with Gasteiger partial charge >= 0.3 is 15.4 Å². The van der Waals surface area contributed by atoms with E-state index in [0.717, 1.165) is 6.42 Å². The first-order chi connectivity index (χ1) is 8.86. The van der Waals surface area contributed by atoms with Gasteiger partial charge in [-0.05, 0) is 28.7 Å². The van der Waals surface area contributed by atoms with Crippen LogP contribution in [0.25, 0.3) is 11.1 Å². The maximum atomic E-state index is 7.53. The van der Waals surface area contributed by atoms with Crippen LogP contribution < -0.4 is 0 Å². The molecule has 88 valence electrons. The number of rotatable bonds is 2. The van der Waals surface area contributed by atoms with Crippen molar-refractivity contribution in [2.75, 3.05) is 0 Å². The summed E-state index contributed by atoms with van der Waals surface area (Å²) in [5, 5.41) is 15.1. The lowest BCUT2D eigenvalue weighted by atomic mass is 10.1. The second-order valence-corrected chi connectivity index (χ2v) is 3.84. The number of hydrogen-bond donors (Lipinski definition) is 2. The Bertz CT molecular complexity index is 472. The van der Waals surface area contributed by atoms with E-state index in [1.807, 2.05) is 0 Å². The highest BCUT2D eigenvalue weighted by Gasteiger charge is 2.15. The Hall–Kier alpha value is -1.55. The van der Waals surface area contributed by atoms with Gasteiger partial charge < -0.3 is 14.6 Å². The fraction of sp³-hybridized carbons (Fsp3) is 0.0769. The monoisotopic (exact) mass is 238 g/mol. The molecule has 0 aliphatic heterocycles. The minimum atomic E-state index is 0.375. The van der Waals surface area contributed by atoms with Gasteiger partial charge in [0.1, 0.15) is 0 Å². The van der Waals surface area contributed by atoms with E-state index >= 15 is 0 Å². The first-order valence-electron chi connectivity index (χ1n) is 5.60. The summed E-state index contributed by atoms with van der Waals surface area (Å²) >= 11 is 0. The molecule has 5 heteroatoms. The lowest BCUT2D eigenvalue weighted by Crippen LogP contribution is -2.00. The molecule has 0 atom stereocenters. The van der Waals surface area contributed by atoms with Crippen molar-refractivity contribution in [1.82, 2.24) is 0 Å². The zero-order chi connectivity index (χ0) is 12.8. The maximum absolute atomic E-state index is 7.53. The molecule has 0 saturated carbocycles. The molecule has 0 unspecified atom stereocenters. The fourth-order valence-electron chi connectivity index (χ4n) is 2.11. The van der Waals surface area contributed by atoms with Gasteiger partial charge in [-0.1, -0.05) is 48.5 Å². The van der Waals surface area contributed by atoms with E-state index in [1.54, 1.807) is 0 Å². The summed E-state index contributed by atoms with van der Waals surface area (Å²) in [4.78, 5) is 0. The molecule has 0 fully saturated rings. The topological polar surface area (TPSA) is 49.7 Å². The van der Waals surface area contributed by atoms with Crippen LogP contribution in [0.15, 0.2) is 48.5 Å². The highest BCUT2D eigenvalue weighted by atomic mass is 16.5. The normalized spacial score (nSPS) is 10.8. The van der Waals surface area contributed by atoms with Gasteiger partial charge in [0.15, 0.2) is 0 Å². The van der Waals surface area contributed by atoms with Crippen LogP contribution in [-0.2, 0) is 11.0 Å². The first kappa shape index (κ1) is 12.9. The smallest absolute Gasteiger partial charge is 0.456 e. The van der Waals surface area contributed by atoms with E-state index in [2.05, 4.69) is 53.1 Å². The number of fused-ring (bicyclic) bond motifs is 3. The van der Waals surface area contributed by atoms with Gasteiger partial charge in [0, 0.05) is 0 Å². The van der Waals surface area contributed by atoms with Gasteiger partial charge in [-0.25, -0.2) is 0 Å². The third kappa shape index (κ3) is 2.82. The van der Waals surface area contributed by atoms with Crippen molar-refractivity contribution >= 4 is 15.4 Å². The largest absolute Gasteiger partial charge is 0.469 e. The SMILES string of the molecule is O[B]O[B]O.c1ccc2c(c1)Cc1ccccc1-2. The molecule has 2 radical (unpaired) electrons. The summed E-state index contributed by atoms with van der Waals surface area (Å²) in [6, 6.07) is 17.3. The van der Waals surface area contributed by atoms with Crippen LogP contribution in [0.1, 0.15) is 11.1 Å². The lowest BCUT2D eigenvalue weighted by Gasteiger charge is -1.98. The van der Waals surface area contributed by atoms with Crippen LogP contribution in [0, 0.1) is 0 Å². The predicted molar refractivity (Wildman–Crippen MR) is 71.7 cm³/mol. The van der Waals surface area contributed by atoms with Crippen LogP contribution in [0.3, 0.4) is 0 Å². The first-order valence-corrected chi connectivity index (χ1v) is 5.60. The van der Waals surface area contributed by atoms with Crippen LogP contribution in [0.2, 0.25) is 0 Å². The van der Waals surface area contributed by atoms with Crippen molar-refractivity contribution in [3.8, 4) is 11.1 Å². The predicted octanol–water partition coefficient (Wildman–Crippen LogP) is 1.31. The Balaban J connectivity index is 0.000000209. The van der Waals surface area contributed by atoms with E-state index in [-0.39, 0.29) is 0 Å². The zero-order valence-electron chi connectivity index (χ0n) is 9.78. The van der Waals surface area contributed by atoms with Crippen molar-refractivity contribution in [3.63, 3.8) is 0 Å². The van der Waals surface area contributed by atoms with Crippen LogP contribution in [-0.4, -0.2) is 25.4 Å². The van der Waals surface area contributed by atoms with Gasteiger partial charge in [0.25, 0.3) is 0 Å². The van der Waals surface area contributed by atoms with Crippen LogP contribution in [0.4, 0.5) is 0 Å². The Kier molecular flexibility index (Phi) is 4.59. The Morgan fingerprint density at radius 3 is 1.61 bits per heavy atom. The summed E-state index contributed by atoms with van der Waals surface area (Å²) in [7, 11) is 0.750. The quantitative estimate of drug-likeness (QED) is 0.661. The highest BCUT2D eigenvalue weighted by molar-refractivity contribution is 6.32. The van der Waals surface area contributed by atoms with Gasteiger partial charge in [0.05, 0.1) is 0 Å². The minimum absolute atomic E-state index is 0.375. The van der Waals surface area contributed by atoms with E-state index in [1.165, 1.54) is 22.3 Å². The third-order valence-corrected chi connectivity index (χ3v) is 2.83. The number of benzene rings is 2. The molecule has 3 nitrogen and oxygen atoms in total. The van der Waals surface area contributed by atoms with Crippen molar-refractivity contribution < 1.29 is 14.6 Å². The molecule has 2 aromatic rings. The molecule has 0 bridgehead atoms. The molecule has 3 rings (SSSR count). The average Bonchev–Trinajstić information content (AvgIpc) is 2.79. The molecule has 0 saturated heterocycles. The molecule has 1 aliphatic carbocycles. The summed E-state index contributed by atoms with van der Waals surface area (Å²) in [6.07, 6.45) is 1.10. The molecule has 0 amide bonds. The molecule has 0 heterocycles. The summed E-state index contributed by atoms with van der Waals surface area (Å²) in [6.45, 7) is 0. The molecule has 1 aliphatic rings. The molecule has 2 N–H and O–H groups in total. The average molecular weight is 238 g/mol. The van der Waals surface area contributed by atoms with Gasteiger partial charge in [-0.2, -0.15) is 0 Å². The third-order valence-electron chi connectivity index (χ3n) is 2.83. The summed E-state index contributed by atoms with van der Waals surface area (Å²) in [5.74, 6) is 0. The summed E-state index contributed by atoms with van der Waals surface area (Å²) < 4.78 is 3.69. The molecular weight excluding hydrogens is 226 g/mol. The standard InChI is InChI=1S/C13H10.B2H2O3/c1-3-7-12-10(5-1)9-11-6-2-4-8-13(11)12;3-1-5-2-4/h1-8H,9H2;3-4H. The Morgan fingerprint density at radius 1 is 0.778 bits per heavy atom. The van der Waals surface area contributed by atoms with Crippen molar-refractivity contribution in [3.05, 3.63) is 59.7 Å². The second-order valence-electron chi connectivity index (χ2n) is 3.84. The van der Waals surface area contributed by atoms with Gasteiger partial charge in [0.2, 0.25) is 0 Å². The lowest BCUT2D eigenvalue weighted by molar-refractivity contribution is 0.408. The molecule has 0 aromatic heterocycles. The minimum Gasteiger partial charge on any atom is -0.456 e. The van der Waals surface area contributed by atoms with Crippen molar-refractivity contribution in [1.29, 1.82) is 0 Å². The van der Waals surface area contributed by atoms with E-state index < -0.39 is 0 Å². The maximum Gasteiger partial charge on any atom is 0.469 e. The van der Waals surface area contributed by atoms with Crippen molar-refractivity contribution in [2.24, 2.45) is 0 Å². The zero-order valence-corrected chi connectivity index (χ0v) is 9.78. The Morgan fingerprint density at radius 2 is 1.22 bits per heavy atom. The number of hydrogen-bond acceptors (Lipinski definition) is 3. The molecular formula is C13H12B2O3.